The fraction of sp³-hybridized carbons (Fsp3) is 1.00. The molecule has 0 atom stereocenters. The molecule has 0 aromatic rings. The molecule has 0 rings (SSSR count). The summed E-state index contributed by atoms with van der Waals surface area (Å²) in [5, 5.41) is 0. The van der Waals surface area contributed by atoms with Crippen molar-refractivity contribution in [1.82, 2.24) is 0 Å². The second-order valence-electron chi connectivity index (χ2n) is 1.45. The van der Waals surface area contributed by atoms with Crippen LogP contribution in [0.3, 0.4) is 0 Å². The number of unbranched alkanes of at least 4 members (excludes halogenated alkanes) is 1. The molecule has 0 N–H and O–H groups in total. The Morgan fingerprint density at radius 2 is 1.40 bits per heavy atom. The van der Waals surface area contributed by atoms with Crippen molar-refractivity contribution in [1.29, 1.82) is 0 Å². The van der Waals surface area contributed by atoms with Gasteiger partial charge in [-0.2, -0.15) is 11.8 Å². The standard InChI is InChI=1S/C4H10.Fe.H3O2PS2/c1-3-4-2;;1-3(2,4)5/h3-4H2,1-2H3;;(H3,1,2,4,5)/q;+3;/p-3. The summed E-state index contributed by atoms with van der Waals surface area (Å²) in [4.78, 5) is 18.6. The molecule has 10 heavy (non-hydrogen) atoms. The van der Waals surface area contributed by atoms with Crippen LogP contribution in [0.25, 0.3) is 0 Å². The molecule has 6 heteroatoms. The van der Waals surface area contributed by atoms with Gasteiger partial charge in [-0.1, -0.05) is 26.7 Å². The Hall–Kier alpha value is 1.44. The third kappa shape index (κ3) is 113. The van der Waals surface area contributed by atoms with Gasteiger partial charge in [0.2, 0.25) is 0 Å². The van der Waals surface area contributed by atoms with Crippen molar-refractivity contribution in [3.05, 3.63) is 0 Å². The van der Waals surface area contributed by atoms with Gasteiger partial charge in [-0.25, -0.2) is 0 Å². The molecule has 0 bridgehead atoms. The van der Waals surface area contributed by atoms with Crippen molar-refractivity contribution in [2.24, 2.45) is 0 Å². The summed E-state index contributed by atoms with van der Waals surface area (Å²) in [5.41, 5.74) is -3.72. The summed E-state index contributed by atoms with van der Waals surface area (Å²) < 4.78 is 0. The molecular formula is C4H10FeO2PS2. The zero-order valence-corrected chi connectivity index (χ0v) is 9.48. The minimum Gasteiger partial charge on any atom is -0.850 e. The van der Waals surface area contributed by atoms with Crippen LogP contribution in [0.4, 0.5) is 0 Å². The molecule has 0 saturated heterocycles. The second kappa shape index (κ2) is 10.4. The quantitative estimate of drug-likeness (QED) is 0.376. The van der Waals surface area contributed by atoms with Crippen molar-refractivity contribution in [3.63, 3.8) is 0 Å². The van der Waals surface area contributed by atoms with Crippen molar-refractivity contribution >= 4 is 29.7 Å². The van der Waals surface area contributed by atoms with Gasteiger partial charge >= 0.3 is 17.1 Å². The summed E-state index contributed by atoms with van der Waals surface area (Å²) in [6, 6.07) is 0. The summed E-state index contributed by atoms with van der Waals surface area (Å²) >= 11 is 7.28. The molecule has 1 radical (unpaired) electrons. The first-order chi connectivity index (χ1) is 3.91. The Kier molecular flexibility index (Phi) is 18.3. The molecule has 2 nitrogen and oxygen atoms in total. The van der Waals surface area contributed by atoms with E-state index in [1.54, 1.807) is 0 Å². The van der Waals surface area contributed by atoms with Crippen LogP contribution in [-0.2, 0) is 41.1 Å². The van der Waals surface area contributed by atoms with Crippen LogP contribution >= 0.6 is 5.69 Å². The van der Waals surface area contributed by atoms with E-state index in [9.17, 15) is 9.79 Å². The van der Waals surface area contributed by atoms with Crippen molar-refractivity contribution in [2.45, 2.75) is 26.7 Å². The molecule has 0 aromatic heterocycles. The molecule has 0 spiro atoms. The van der Waals surface area contributed by atoms with Crippen LogP contribution in [0.1, 0.15) is 26.7 Å². The zero-order valence-electron chi connectivity index (χ0n) is 5.85. The Bertz CT molecular complexity index is 85.0. The Labute approximate surface area is 83.2 Å². The van der Waals surface area contributed by atoms with Gasteiger partial charge in [-0.05, 0) is 0 Å². The van der Waals surface area contributed by atoms with Gasteiger partial charge in [0.1, 0.15) is 0 Å². The van der Waals surface area contributed by atoms with Crippen LogP contribution in [-0.4, -0.2) is 0 Å². The summed E-state index contributed by atoms with van der Waals surface area (Å²) in [6.45, 7) is 4.36. The predicted octanol–water partition coefficient (Wildman–Crippen LogP) is 0.282. The van der Waals surface area contributed by atoms with Gasteiger partial charge in [0, 0.05) is 0 Å². The fourth-order valence-electron chi connectivity index (χ4n) is 0. The summed E-state index contributed by atoms with van der Waals surface area (Å²) in [7, 11) is 0. The Morgan fingerprint density at radius 1 is 1.30 bits per heavy atom. The minimum atomic E-state index is -3.72. The van der Waals surface area contributed by atoms with E-state index in [2.05, 4.69) is 37.9 Å². The third-order valence-electron chi connectivity index (χ3n) is 0.500. The van der Waals surface area contributed by atoms with Crippen LogP contribution in [0.15, 0.2) is 0 Å². The van der Waals surface area contributed by atoms with Gasteiger partial charge in [0.15, 0.2) is 0 Å². The molecule has 0 saturated carbocycles. The van der Waals surface area contributed by atoms with Gasteiger partial charge in [-0.15, -0.1) is 0 Å². The molecule has 0 unspecified atom stereocenters. The Morgan fingerprint density at radius 3 is 1.40 bits per heavy atom. The monoisotopic (exact) mass is 241 g/mol. The summed E-state index contributed by atoms with van der Waals surface area (Å²) in [6.07, 6.45) is 2.64. The van der Waals surface area contributed by atoms with E-state index in [-0.39, 0.29) is 17.1 Å². The maximum absolute atomic E-state index is 9.29. The van der Waals surface area contributed by atoms with Gasteiger partial charge < -0.3 is 27.7 Å². The molecule has 63 valence electrons. The molecule has 0 aliphatic heterocycles. The first-order valence-corrected chi connectivity index (χ1v) is 6.30. The van der Waals surface area contributed by atoms with E-state index in [1.807, 2.05) is 0 Å². The first kappa shape index (κ1) is 17.5. The minimum absolute atomic E-state index is 0. The molecule has 0 heterocycles. The first-order valence-electron chi connectivity index (χ1n) is 2.64. The van der Waals surface area contributed by atoms with E-state index >= 15 is 0 Å². The van der Waals surface area contributed by atoms with E-state index in [4.69, 9.17) is 0 Å². The van der Waals surface area contributed by atoms with Gasteiger partial charge in [-0.3, -0.25) is 0 Å². The van der Waals surface area contributed by atoms with Crippen LogP contribution in [0.5, 0.6) is 0 Å². The third-order valence-corrected chi connectivity index (χ3v) is 0.500. The summed E-state index contributed by atoms with van der Waals surface area (Å²) in [5.74, 6) is 0. The topological polar surface area (TPSA) is 46.1 Å². The van der Waals surface area contributed by atoms with Gasteiger partial charge in [0.05, 0.1) is 0 Å². The van der Waals surface area contributed by atoms with E-state index in [1.165, 1.54) is 12.8 Å². The predicted molar refractivity (Wildman–Crippen MR) is 42.2 cm³/mol. The number of hydrogen-bond acceptors (Lipinski definition) is 4. The van der Waals surface area contributed by atoms with Crippen LogP contribution < -0.4 is 9.79 Å². The van der Waals surface area contributed by atoms with Crippen LogP contribution in [0.2, 0.25) is 0 Å². The zero-order chi connectivity index (χ0) is 7.91. The van der Waals surface area contributed by atoms with E-state index in [0.717, 1.165) is 0 Å². The van der Waals surface area contributed by atoms with Crippen LogP contribution in [0, 0.1) is 0 Å². The van der Waals surface area contributed by atoms with Crippen molar-refractivity contribution in [3.8, 4) is 0 Å². The van der Waals surface area contributed by atoms with E-state index in [0.29, 0.717) is 0 Å². The average molecular weight is 241 g/mol. The molecule has 0 aliphatic carbocycles. The molecule has 0 amide bonds. The SMILES string of the molecule is CCCC.[Fe+3].[O-]P([O-])(=S)[S-]. The molecule has 0 fully saturated rings. The Balaban J connectivity index is -0.0000000910. The van der Waals surface area contributed by atoms with E-state index < -0.39 is 5.69 Å². The van der Waals surface area contributed by atoms with Crippen molar-refractivity contribution in [2.75, 3.05) is 0 Å². The maximum Gasteiger partial charge on any atom is 3.00 e. The number of hydrogen-bond donors (Lipinski definition) is 0. The second-order valence-corrected chi connectivity index (χ2v) is 5.92. The van der Waals surface area contributed by atoms with Crippen molar-refractivity contribution < 1.29 is 26.9 Å². The fourth-order valence-corrected chi connectivity index (χ4v) is 0. The molecule has 0 aromatic carbocycles. The molecular weight excluding hydrogens is 231 g/mol. The maximum atomic E-state index is 9.29. The number of rotatable bonds is 1. The normalized spacial score (nSPS) is 8.90. The smallest absolute Gasteiger partial charge is 0.850 e. The average Bonchev–Trinajstić information content (AvgIpc) is 1.61. The van der Waals surface area contributed by atoms with Gasteiger partial charge in [0.25, 0.3) is 0 Å². The molecule has 0 aliphatic rings. The largest absolute Gasteiger partial charge is 3.00 e.